The molecule has 0 unspecified atom stereocenters. The Labute approximate surface area is 120 Å². The van der Waals surface area contributed by atoms with Crippen molar-refractivity contribution in [2.75, 3.05) is 6.54 Å². The molecule has 1 heterocycles. The molecule has 0 amide bonds. The summed E-state index contributed by atoms with van der Waals surface area (Å²) in [5.41, 5.74) is 1.31. The van der Waals surface area contributed by atoms with Crippen LogP contribution < -0.4 is 10.8 Å². The molecular formula is C14H25N3O3. The van der Waals surface area contributed by atoms with Crippen LogP contribution >= 0.6 is 0 Å². The van der Waals surface area contributed by atoms with Gasteiger partial charge in [-0.3, -0.25) is 4.84 Å². The van der Waals surface area contributed by atoms with Gasteiger partial charge in [-0.15, -0.1) is 0 Å². The largest absolute Gasteiger partial charge is 0.458 e. The van der Waals surface area contributed by atoms with E-state index in [0.717, 1.165) is 12.8 Å². The predicted octanol–water partition coefficient (Wildman–Crippen LogP) is 1.27. The first-order chi connectivity index (χ1) is 9.14. The maximum atomic E-state index is 12.0. The highest BCUT2D eigenvalue weighted by Gasteiger charge is 2.35. The molecule has 0 aliphatic carbocycles. The summed E-state index contributed by atoms with van der Waals surface area (Å²) >= 11 is 0. The van der Waals surface area contributed by atoms with Gasteiger partial charge in [-0.1, -0.05) is 0 Å². The minimum atomic E-state index is -1.06. The second kappa shape index (κ2) is 6.53. The van der Waals surface area contributed by atoms with E-state index in [0.29, 0.717) is 6.54 Å². The fraction of sp³-hybridized carbons (Fsp3) is 0.857. The molecule has 1 rings (SSSR count). The molecule has 1 fully saturated rings. The summed E-state index contributed by atoms with van der Waals surface area (Å²) < 4.78 is 5.31. The summed E-state index contributed by atoms with van der Waals surface area (Å²) in [6.45, 7) is 9.44. The Kier molecular flexibility index (Phi) is 5.51. The first-order valence-corrected chi connectivity index (χ1v) is 6.94. The molecule has 0 aromatic heterocycles. The van der Waals surface area contributed by atoms with Gasteiger partial charge in [0.2, 0.25) is 0 Å². The summed E-state index contributed by atoms with van der Waals surface area (Å²) in [4.78, 5) is 17.5. The number of carbonyl (C=O) groups excluding carboxylic acids is 1. The lowest BCUT2D eigenvalue weighted by atomic mass is 10.0. The quantitative estimate of drug-likeness (QED) is 0.597. The normalized spacial score (nSPS) is 24.0. The van der Waals surface area contributed by atoms with Crippen LogP contribution in [-0.4, -0.2) is 35.8 Å². The number of piperidine rings is 1. The van der Waals surface area contributed by atoms with Crippen LogP contribution in [0.4, 0.5) is 0 Å². The molecule has 0 aromatic carbocycles. The van der Waals surface area contributed by atoms with E-state index in [1.54, 1.807) is 13.8 Å². The Morgan fingerprint density at radius 2 is 1.95 bits per heavy atom. The fourth-order valence-corrected chi connectivity index (χ4v) is 1.74. The number of hydrogen-bond acceptors (Lipinski definition) is 6. The Balaban J connectivity index is 2.40. The zero-order chi connectivity index (χ0) is 15.4. The maximum absolute atomic E-state index is 12.0. The number of rotatable bonds is 4. The van der Waals surface area contributed by atoms with Gasteiger partial charge < -0.3 is 10.1 Å². The summed E-state index contributed by atoms with van der Waals surface area (Å²) in [6.07, 6.45) is 1.60. The Bertz CT molecular complexity index is 374. The molecule has 20 heavy (non-hydrogen) atoms. The highest BCUT2D eigenvalue weighted by atomic mass is 16.7. The van der Waals surface area contributed by atoms with Crippen LogP contribution in [0.1, 0.15) is 47.5 Å². The van der Waals surface area contributed by atoms with Gasteiger partial charge in [-0.2, -0.15) is 10.7 Å². The van der Waals surface area contributed by atoms with E-state index in [1.165, 1.54) is 0 Å². The van der Waals surface area contributed by atoms with Gasteiger partial charge in [0.15, 0.2) is 5.60 Å². The van der Waals surface area contributed by atoms with Gasteiger partial charge in [0.05, 0.1) is 12.1 Å². The molecule has 6 heteroatoms. The molecule has 0 saturated carbocycles. The second-order valence-electron chi connectivity index (χ2n) is 6.60. The Morgan fingerprint density at radius 3 is 2.40 bits per heavy atom. The molecule has 1 saturated heterocycles. The van der Waals surface area contributed by atoms with Crippen LogP contribution in [-0.2, 0) is 14.4 Å². The van der Waals surface area contributed by atoms with Crippen LogP contribution in [0.2, 0.25) is 0 Å². The van der Waals surface area contributed by atoms with Crippen LogP contribution in [0.25, 0.3) is 0 Å². The molecule has 0 aromatic rings. The molecule has 1 aliphatic heterocycles. The number of esters is 1. The lowest BCUT2D eigenvalue weighted by molar-refractivity contribution is -0.191. The van der Waals surface area contributed by atoms with Gasteiger partial charge in [-0.05, 0) is 47.5 Å². The average molecular weight is 283 g/mol. The van der Waals surface area contributed by atoms with Crippen molar-refractivity contribution >= 4 is 5.97 Å². The SMILES string of the molecule is CC(C)(C)OC(=O)C(C)(C)ON[C@@H]1CC[C@H](C#N)NC1. The van der Waals surface area contributed by atoms with Gasteiger partial charge >= 0.3 is 5.97 Å². The minimum Gasteiger partial charge on any atom is -0.458 e. The highest BCUT2D eigenvalue weighted by Crippen LogP contribution is 2.17. The van der Waals surface area contributed by atoms with Crippen LogP contribution in [0.15, 0.2) is 0 Å². The summed E-state index contributed by atoms with van der Waals surface area (Å²) in [7, 11) is 0. The van der Waals surface area contributed by atoms with Crippen LogP contribution in [0.5, 0.6) is 0 Å². The standard InChI is InChI=1S/C14H25N3O3/c1-13(2,3)19-12(18)14(4,5)20-17-11-7-6-10(8-15)16-9-11/h10-11,16-17H,6-7,9H2,1-5H3/t10-,11-/m1/s1. The van der Waals surface area contributed by atoms with E-state index in [4.69, 9.17) is 14.8 Å². The molecule has 2 atom stereocenters. The molecule has 0 spiro atoms. The zero-order valence-corrected chi connectivity index (χ0v) is 12.9. The van der Waals surface area contributed by atoms with Crippen molar-refractivity contribution in [3.8, 4) is 6.07 Å². The number of nitrogens with one attached hydrogen (secondary N) is 2. The van der Waals surface area contributed by atoms with Crippen molar-refractivity contribution in [3.63, 3.8) is 0 Å². The van der Waals surface area contributed by atoms with Gasteiger partial charge in [0.1, 0.15) is 5.60 Å². The summed E-state index contributed by atoms with van der Waals surface area (Å²) in [6, 6.07) is 2.18. The number of nitrogens with zero attached hydrogens (tertiary/aromatic N) is 1. The van der Waals surface area contributed by atoms with E-state index < -0.39 is 17.2 Å². The highest BCUT2D eigenvalue weighted by molar-refractivity contribution is 5.78. The minimum absolute atomic E-state index is 0.0845. The number of ether oxygens (including phenoxy) is 1. The monoisotopic (exact) mass is 283 g/mol. The summed E-state index contributed by atoms with van der Waals surface area (Å²) in [5.74, 6) is -0.406. The molecule has 0 radical (unpaired) electrons. The van der Waals surface area contributed by atoms with Crippen molar-refractivity contribution in [2.24, 2.45) is 0 Å². The van der Waals surface area contributed by atoms with Gasteiger partial charge in [0.25, 0.3) is 0 Å². The predicted molar refractivity (Wildman–Crippen MR) is 74.6 cm³/mol. The smallest absolute Gasteiger partial charge is 0.340 e. The van der Waals surface area contributed by atoms with Crippen molar-refractivity contribution in [2.45, 2.75) is 70.7 Å². The van der Waals surface area contributed by atoms with E-state index in [2.05, 4.69) is 16.9 Å². The Morgan fingerprint density at radius 1 is 1.30 bits per heavy atom. The first kappa shape index (κ1) is 16.9. The van der Waals surface area contributed by atoms with Crippen molar-refractivity contribution < 1.29 is 14.4 Å². The van der Waals surface area contributed by atoms with Crippen molar-refractivity contribution in [1.29, 1.82) is 5.26 Å². The molecule has 1 aliphatic rings. The van der Waals surface area contributed by atoms with E-state index in [-0.39, 0.29) is 12.1 Å². The third-order valence-electron chi connectivity index (χ3n) is 2.94. The van der Waals surface area contributed by atoms with E-state index in [9.17, 15) is 4.79 Å². The lowest BCUT2D eigenvalue weighted by Gasteiger charge is -2.32. The fourth-order valence-electron chi connectivity index (χ4n) is 1.74. The van der Waals surface area contributed by atoms with Crippen LogP contribution in [0.3, 0.4) is 0 Å². The van der Waals surface area contributed by atoms with Gasteiger partial charge in [-0.25, -0.2) is 4.79 Å². The number of hydrogen-bond donors (Lipinski definition) is 2. The Hall–Kier alpha value is -1.16. The van der Waals surface area contributed by atoms with Crippen LogP contribution in [0, 0.1) is 11.3 Å². The molecule has 0 bridgehead atoms. The number of carbonyl (C=O) groups is 1. The molecular weight excluding hydrogens is 258 g/mol. The topological polar surface area (TPSA) is 83.4 Å². The van der Waals surface area contributed by atoms with E-state index >= 15 is 0 Å². The number of nitriles is 1. The average Bonchev–Trinajstić information content (AvgIpc) is 2.35. The number of hydroxylamine groups is 1. The third-order valence-corrected chi connectivity index (χ3v) is 2.94. The van der Waals surface area contributed by atoms with Crippen molar-refractivity contribution in [3.05, 3.63) is 0 Å². The summed E-state index contributed by atoms with van der Waals surface area (Å²) in [5, 5.41) is 11.9. The lowest BCUT2D eigenvalue weighted by Crippen LogP contribution is -2.51. The first-order valence-electron chi connectivity index (χ1n) is 6.94. The van der Waals surface area contributed by atoms with Crippen molar-refractivity contribution in [1.82, 2.24) is 10.8 Å². The second-order valence-corrected chi connectivity index (χ2v) is 6.60. The third kappa shape index (κ3) is 5.45. The maximum Gasteiger partial charge on any atom is 0.340 e. The molecule has 114 valence electrons. The van der Waals surface area contributed by atoms with Gasteiger partial charge in [0, 0.05) is 12.6 Å². The van der Waals surface area contributed by atoms with E-state index in [1.807, 2.05) is 20.8 Å². The zero-order valence-electron chi connectivity index (χ0n) is 12.9. The molecule has 6 nitrogen and oxygen atoms in total. The molecule has 2 N–H and O–H groups in total.